The van der Waals surface area contributed by atoms with Gasteiger partial charge in [-0.1, -0.05) is 12.7 Å². The number of hydrogen-bond acceptors (Lipinski definition) is 2. The predicted molar refractivity (Wildman–Crippen MR) is 54.9 cm³/mol. The fourth-order valence-electron chi connectivity index (χ4n) is 0.776. The van der Waals surface area contributed by atoms with Crippen molar-refractivity contribution < 1.29 is 4.74 Å². The Balaban J connectivity index is 4.73. The van der Waals surface area contributed by atoms with E-state index in [1.54, 1.807) is 19.9 Å². The Bertz CT molecular complexity index is 273. The molecule has 13 heavy (non-hydrogen) atoms. The molecule has 0 amide bonds. The monoisotopic (exact) mass is 181 g/mol. The molecule has 0 unspecified atom stereocenters. The Morgan fingerprint density at radius 3 is 2.46 bits per heavy atom. The minimum atomic E-state index is 0.0642. The molecule has 72 valence electrons. The normalized spacial score (nSPS) is 12.5. The zero-order valence-corrected chi connectivity index (χ0v) is 8.22. The fourth-order valence-corrected chi connectivity index (χ4v) is 0.776. The molecule has 0 bridgehead atoms. The van der Waals surface area contributed by atoms with E-state index in [4.69, 9.17) is 15.9 Å². The molecule has 0 aliphatic heterocycles. The maximum Gasteiger partial charge on any atom is 0.157 e. The van der Waals surface area contributed by atoms with Crippen molar-refractivity contribution in [3.8, 4) is 0 Å². The number of nitrogens with zero attached hydrogens (tertiary/aromatic N) is 1. The lowest BCUT2D eigenvalue weighted by atomic mass is 10.2. The molecular weight excluding hydrogens is 166 g/mol. The van der Waals surface area contributed by atoms with Crippen molar-refractivity contribution in [3.05, 3.63) is 24.0 Å². The van der Waals surface area contributed by atoms with Gasteiger partial charge in [-0.2, -0.15) is 0 Å². The number of hydrogen-bond donors (Lipinski definition) is 2. The van der Waals surface area contributed by atoms with Gasteiger partial charge in [0, 0.05) is 0 Å². The number of aliphatic imine (C=N–C) groups is 1. The number of nitrogens with two attached hydrogens (primary N) is 1. The number of ether oxygens (including phenoxy) is 1. The summed E-state index contributed by atoms with van der Waals surface area (Å²) in [6.07, 6.45) is 1.71. The van der Waals surface area contributed by atoms with Gasteiger partial charge in [0.05, 0.1) is 18.5 Å². The van der Waals surface area contributed by atoms with Crippen LogP contribution >= 0.6 is 0 Å². The van der Waals surface area contributed by atoms with Gasteiger partial charge in [0.2, 0.25) is 0 Å². The average Bonchev–Trinajstić information content (AvgIpc) is 2.03. The minimum Gasteiger partial charge on any atom is -0.497 e. The van der Waals surface area contributed by atoms with Crippen LogP contribution in [0.2, 0.25) is 0 Å². The molecular formula is C9H15N3O. The molecule has 0 aromatic rings. The van der Waals surface area contributed by atoms with Crippen molar-refractivity contribution in [2.45, 2.75) is 13.8 Å². The second-order valence-corrected chi connectivity index (χ2v) is 2.43. The Labute approximate surface area is 78.3 Å². The molecule has 4 heteroatoms. The molecule has 0 radical (unpaired) electrons. The first kappa shape index (κ1) is 11.4. The number of allylic oxidation sites excluding steroid dienone is 1. The van der Waals surface area contributed by atoms with E-state index in [1.165, 1.54) is 7.11 Å². The number of nitrogens with one attached hydrogen (secondary N) is 1. The van der Waals surface area contributed by atoms with E-state index in [-0.39, 0.29) is 5.84 Å². The first-order valence-electron chi connectivity index (χ1n) is 3.82. The molecule has 0 aromatic carbocycles. The second kappa shape index (κ2) is 5.13. The van der Waals surface area contributed by atoms with Gasteiger partial charge in [0.15, 0.2) is 5.84 Å². The van der Waals surface area contributed by atoms with Crippen molar-refractivity contribution in [1.82, 2.24) is 0 Å². The van der Waals surface area contributed by atoms with E-state index in [0.717, 1.165) is 0 Å². The highest BCUT2D eigenvalue weighted by Gasteiger charge is 2.07. The summed E-state index contributed by atoms with van der Waals surface area (Å²) in [5.74, 6) is 0.820. The standard InChI is InChI=1S/C9H15N3O/c1-5-8(6(2)13-4)9(11)12-7(3)10/h5H,2H2,1,3-4H3,(H3,10,11,12). The summed E-state index contributed by atoms with van der Waals surface area (Å²) in [5.41, 5.74) is 5.89. The number of amidine groups is 2. The number of methoxy groups -OCH3 is 1. The number of rotatable bonds is 3. The van der Waals surface area contributed by atoms with Gasteiger partial charge in [-0.25, -0.2) is 4.99 Å². The van der Waals surface area contributed by atoms with Crippen LogP contribution < -0.4 is 5.73 Å². The first-order valence-corrected chi connectivity index (χ1v) is 3.82. The van der Waals surface area contributed by atoms with Gasteiger partial charge in [-0.05, 0) is 13.8 Å². The third kappa shape index (κ3) is 3.55. The van der Waals surface area contributed by atoms with E-state index >= 15 is 0 Å². The van der Waals surface area contributed by atoms with Crippen LogP contribution in [0.5, 0.6) is 0 Å². The lowest BCUT2D eigenvalue weighted by Gasteiger charge is -2.06. The van der Waals surface area contributed by atoms with Gasteiger partial charge in [0.25, 0.3) is 0 Å². The van der Waals surface area contributed by atoms with Crippen LogP contribution in [0, 0.1) is 5.41 Å². The van der Waals surface area contributed by atoms with Crippen LogP contribution in [0.4, 0.5) is 0 Å². The Morgan fingerprint density at radius 1 is 1.62 bits per heavy atom. The highest BCUT2D eigenvalue weighted by molar-refractivity contribution is 6.05. The van der Waals surface area contributed by atoms with Crippen LogP contribution in [0.1, 0.15) is 13.8 Å². The third-order valence-corrected chi connectivity index (χ3v) is 1.38. The van der Waals surface area contributed by atoms with Crippen LogP contribution in [-0.2, 0) is 4.74 Å². The van der Waals surface area contributed by atoms with Gasteiger partial charge < -0.3 is 10.5 Å². The molecule has 0 spiro atoms. The van der Waals surface area contributed by atoms with Gasteiger partial charge >= 0.3 is 0 Å². The highest BCUT2D eigenvalue weighted by Crippen LogP contribution is 2.10. The summed E-state index contributed by atoms with van der Waals surface area (Å²) in [4.78, 5) is 3.79. The Hall–Kier alpha value is -1.58. The zero-order chi connectivity index (χ0) is 10.4. The average molecular weight is 181 g/mol. The summed E-state index contributed by atoms with van der Waals surface area (Å²) in [6, 6.07) is 0. The summed E-state index contributed by atoms with van der Waals surface area (Å²) in [5, 5.41) is 7.53. The van der Waals surface area contributed by atoms with Gasteiger partial charge in [0.1, 0.15) is 5.76 Å². The topological polar surface area (TPSA) is 71.5 Å². The van der Waals surface area contributed by atoms with Crippen LogP contribution in [-0.4, -0.2) is 18.8 Å². The second-order valence-electron chi connectivity index (χ2n) is 2.43. The van der Waals surface area contributed by atoms with E-state index in [0.29, 0.717) is 17.2 Å². The maximum absolute atomic E-state index is 7.53. The summed E-state index contributed by atoms with van der Waals surface area (Å²) < 4.78 is 4.89. The Morgan fingerprint density at radius 2 is 2.15 bits per heavy atom. The van der Waals surface area contributed by atoms with Gasteiger partial charge in [-0.3, -0.25) is 5.41 Å². The minimum absolute atomic E-state index is 0.0642. The summed E-state index contributed by atoms with van der Waals surface area (Å²) >= 11 is 0. The van der Waals surface area contributed by atoms with Crippen LogP contribution in [0.25, 0.3) is 0 Å². The predicted octanol–water partition coefficient (Wildman–Crippen LogP) is 1.45. The van der Waals surface area contributed by atoms with E-state index in [1.807, 2.05) is 0 Å². The van der Waals surface area contributed by atoms with Crippen molar-refractivity contribution in [1.29, 1.82) is 5.41 Å². The third-order valence-electron chi connectivity index (χ3n) is 1.38. The molecule has 0 saturated carbocycles. The summed E-state index contributed by atoms with van der Waals surface area (Å²) in [6.45, 7) is 7.04. The molecule has 0 saturated heterocycles. The highest BCUT2D eigenvalue weighted by atomic mass is 16.5. The van der Waals surface area contributed by atoms with Crippen molar-refractivity contribution in [2.75, 3.05) is 7.11 Å². The van der Waals surface area contributed by atoms with Gasteiger partial charge in [-0.15, -0.1) is 0 Å². The van der Waals surface area contributed by atoms with Crippen LogP contribution in [0.3, 0.4) is 0 Å². The molecule has 0 aliphatic carbocycles. The van der Waals surface area contributed by atoms with E-state index in [9.17, 15) is 0 Å². The largest absolute Gasteiger partial charge is 0.497 e. The molecule has 0 rings (SSSR count). The quantitative estimate of drug-likeness (QED) is 0.299. The molecule has 0 heterocycles. The first-order chi connectivity index (χ1) is 6.02. The van der Waals surface area contributed by atoms with Crippen molar-refractivity contribution in [2.24, 2.45) is 10.7 Å². The van der Waals surface area contributed by atoms with E-state index in [2.05, 4.69) is 11.6 Å². The SMILES string of the molecule is C=C(OC)C(=CC)C(=N)N=C(C)N. The molecule has 0 aromatic heterocycles. The molecule has 0 fully saturated rings. The molecule has 3 N–H and O–H groups in total. The smallest absolute Gasteiger partial charge is 0.157 e. The van der Waals surface area contributed by atoms with Crippen LogP contribution in [0.15, 0.2) is 29.0 Å². The Kier molecular flexibility index (Phi) is 4.51. The maximum atomic E-state index is 7.53. The lowest BCUT2D eigenvalue weighted by molar-refractivity contribution is 0.305. The molecule has 0 atom stereocenters. The zero-order valence-electron chi connectivity index (χ0n) is 8.22. The summed E-state index contributed by atoms with van der Waals surface area (Å²) in [7, 11) is 1.50. The molecule has 0 aliphatic rings. The van der Waals surface area contributed by atoms with Crippen molar-refractivity contribution in [3.63, 3.8) is 0 Å². The lowest BCUT2D eigenvalue weighted by Crippen LogP contribution is -2.11. The molecule has 4 nitrogen and oxygen atoms in total. The van der Waals surface area contributed by atoms with E-state index < -0.39 is 0 Å². The fraction of sp³-hybridized carbons (Fsp3) is 0.333. The van der Waals surface area contributed by atoms with Crippen molar-refractivity contribution >= 4 is 11.7 Å².